The van der Waals surface area contributed by atoms with Gasteiger partial charge in [0.1, 0.15) is 12.2 Å². The maximum atomic E-state index is 12.9. The van der Waals surface area contributed by atoms with Gasteiger partial charge in [-0.1, -0.05) is 67.6 Å². The molecule has 14 nitrogen and oxygen atoms in total. The Morgan fingerprint density at radius 2 is 0.978 bits per heavy atom. The lowest BCUT2D eigenvalue weighted by molar-refractivity contribution is -0.579. The molecule has 0 aliphatic rings. The van der Waals surface area contributed by atoms with Crippen LogP contribution < -0.4 is 0 Å². The highest BCUT2D eigenvalue weighted by molar-refractivity contribution is 7.86. The van der Waals surface area contributed by atoms with Crippen molar-refractivity contribution in [3.8, 4) is 0 Å². The van der Waals surface area contributed by atoms with Crippen molar-refractivity contribution in [3.63, 3.8) is 0 Å². The molecule has 2 aromatic carbocycles. The topological polar surface area (TPSA) is 192 Å². The quantitative estimate of drug-likeness (QED) is 0.0993. The van der Waals surface area contributed by atoms with Crippen molar-refractivity contribution in [2.45, 2.75) is 69.7 Å². The van der Waals surface area contributed by atoms with Gasteiger partial charge in [-0.05, 0) is 17.5 Å². The lowest BCUT2D eigenvalue weighted by Gasteiger charge is -2.33. The Morgan fingerprint density at radius 3 is 1.29 bits per heavy atom. The molecule has 0 aromatic heterocycles. The van der Waals surface area contributed by atoms with Gasteiger partial charge in [-0.15, -0.1) is 0 Å². The van der Waals surface area contributed by atoms with Crippen molar-refractivity contribution in [2.75, 3.05) is 32.0 Å². The molecule has 0 N–H and O–H groups in total. The Kier molecular flexibility index (Phi) is 15.0. The lowest BCUT2D eigenvalue weighted by atomic mass is 9.81. The second-order valence-corrected chi connectivity index (χ2v) is 15.6. The fourth-order valence-corrected chi connectivity index (χ4v) is 6.67. The zero-order valence-electron chi connectivity index (χ0n) is 25.6. The van der Waals surface area contributed by atoms with Crippen molar-refractivity contribution in [1.29, 1.82) is 0 Å². The summed E-state index contributed by atoms with van der Waals surface area (Å²) in [6.45, 7) is 0.837. The van der Waals surface area contributed by atoms with Crippen LogP contribution in [-0.4, -0.2) is 86.0 Å². The van der Waals surface area contributed by atoms with Crippen LogP contribution in [0.4, 0.5) is 0 Å². The van der Waals surface area contributed by atoms with Gasteiger partial charge in [0, 0.05) is 24.2 Å². The van der Waals surface area contributed by atoms with Gasteiger partial charge in [-0.3, -0.25) is 22.7 Å². The summed E-state index contributed by atoms with van der Waals surface area (Å²) >= 11 is 0. The van der Waals surface area contributed by atoms with E-state index in [0.717, 1.165) is 29.9 Å². The summed E-state index contributed by atoms with van der Waals surface area (Å²) < 4.78 is 99.7. The lowest BCUT2D eigenvalue weighted by Crippen LogP contribution is -2.50. The third-order valence-electron chi connectivity index (χ3n) is 6.43. The molecule has 0 aliphatic carbocycles. The van der Waals surface area contributed by atoms with Crippen LogP contribution in [0.25, 0.3) is 0 Å². The zero-order chi connectivity index (χ0) is 33.7. The van der Waals surface area contributed by atoms with E-state index in [1.807, 2.05) is 0 Å². The Balaban J connectivity index is 2.47. The second kappa shape index (κ2) is 17.4. The van der Waals surface area contributed by atoms with Crippen LogP contribution in [0.15, 0.2) is 60.7 Å². The van der Waals surface area contributed by atoms with E-state index in [0.29, 0.717) is 0 Å². The molecule has 0 bridgehead atoms. The number of hydrogen-bond acceptors (Lipinski definition) is 13. The van der Waals surface area contributed by atoms with Crippen molar-refractivity contribution in [3.05, 3.63) is 81.9 Å². The van der Waals surface area contributed by atoms with Crippen LogP contribution in [0.2, 0.25) is 0 Å². The number of benzene rings is 2. The predicted octanol–water partition coefficient (Wildman–Crippen LogP) is 3.05. The number of rotatable bonds is 22. The first-order valence-corrected chi connectivity index (χ1v) is 19.4. The second-order valence-electron chi connectivity index (χ2n) is 10.8. The molecule has 0 fully saturated rings. The number of ether oxygens (including phenoxy) is 2. The highest BCUT2D eigenvalue weighted by Gasteiger charge is 2.50. The number of nitro groups is 1. The monoisotopic (exact) mass is 695 g/mol. The largest absolute Gasteiger partial charge is 0.374 e. The third kappa shape index (κ3) is 16.1. The minimum Gasteiger partial charge on any atom is -0.374 e. The van der Waals surface area contributed by atoms with Gasteiger partial charge >= 0.3 is 0 Å². The fourth-order valence-electron chi connectivity index (χ4n) is 4.74. The van der Waals surface area contributed by atoms with E-state index in [9.17, 15) is 35.4 Å². The molecule has 2 rings (SSSR count). The van der Waals surface area contributed by atoms with E-state index in [4.69, 9.17) is 22.0 Å². The van der Waals surface area contributed by atoms with Gasteiger partial charge in [-0.25, -0.2) is 0 Å². The van der Waals surface area contributed by atoms with Crippen LogP contribution in [0, 0.1) is 10.1 Å². The Hall–Kier alpha value is -2.51. The van der Waals surface area contributed by atoms with E-state index >= 15 is 0 Å². The summed E-state index contributed by atoms with van der Waals surface area (Å²) in [5, 5.41) is 12.9. The van der Waals surface area contributed by atoms with Gasteiger partial charge in [0.05, 0.1) is 51.3 Å². The summed E-state index contributed by atoms with van der Waals surface area (Å²) in [4.78, 5) is 12.2. The first-order chi connectivity index (χ1) is 20.9. The minimum absolute atomic E-state index is 0.0207. The number of nitrogens with zero attached hydrogens (tertiary/aromatic N) is 1. The summed E-state index contributed by atoms with van der Waals surface area (Å²) in [6, 6.07) is 17.8. The maximum Gasteiger partial charge on any atom is 0.264 e. The molecule has 254 valence electrons. The fraction of sp³-hybridized carbons (Fsp3) is 0.571. The molecular weight excluding hydrogens is 655 g/mol. The molecule has 0 saturated heterocycles. The molecule has 3 atom stereocenters. The Morgan fingerprint density at radius 1 is 0.644 bits per heavy atom. The van der Waals surface area contributed by atoms with Crippen molar-refractivity contribution >= 4 is 30.4 Å². The molecule has 0 heterocycles. The SMILES string of the molecule is CCC(CC(CC(COCc1ccccc1)OS(C)(=O)=O)(CC(COCc1ccccc1)OS(C)(=O)=O)[N+](=O)[O-])OS(C)(=O)=O. The Labute approximate surface area is 265 Å². The van der Waals surface area contributed by atoms with Crippen LogP contribution in [0.3, 0.4) is 0 Å². The van der Waals surface area contributed by atoms with E-state index in [2.05, 4.69) is 0 Å². The average Bonchev–Trinajstić information content (AvgIpc) is 2.91. The van der Waals surface area contributed by atoms with Crippen molar-refractivity contribution in [1.82, 2.24) is 0 Å². The molecule has 2 aromatic rings. The number of hydrogen-bond donors (Lipinski definition) is 0. The predicted molar refractivity (Wildman–Crippen MR) is 165 cm³/mol. The third-order valence-corrected chi connectivity index (χ3v) is 8.29. The van der Waals surface area contributed by atoms with Gasteiger partial charge in [0.15, 0.2) is 0 Å². The van der Waals surface area contributed by atoms with Crippen molar-refractivity contribution < 1.29 is 52.2 Å². The molecule has 0 radical (unpaired) electrons. The van der Waals surface area contributed by atoms with E-state index in [1.54, 1.807) is 67.6 Å². The van der Waals surface area contributed by atoms with Gasteiger partial charge < -0.3 is 9.47 Å². The maximum absolute atomic E-state index is 12.9. The molecular formula is C28H41NO13S3. The summed E-state index contributed by atoms with van der Waals surface area (Å²) in [6.07, 6.45) is -3.52. The minimum atomic E-state index is -4.16. The van der Waals surface area contributed by atoms with Gasteiger partial charge in [0.25, 0.3) is 30.4 Å². The smallest absolute Gasteiger partial charge is 0.264 e. The van der Waals surface area contributed by atoms with Gasteiger partial charge in [-0.2, -0.15) is 25.3 Å². The molecule has 45 heavy (non-hydrogen) atoms. The summed E-state index contributed by atoms with van der Waals surface area (Å²) in [5.41, 5.74) is -0.718. The van der Waals surface area contributed by atoms with Crippen LogP contribution in [-0.2, 0) is 65.6 Å². The van der Waals surface area contributed by atoms with E-state index < -0.39 is 91.6 Å². The average molecular weight is 696 g/mol. The molecule has 0 amide bonds. The summed E-state index contributed by atoms with van der Waals surface area (Å²) in [7, 11) is -12.4. The zero-order valence-corrected chi connectivity index (χ0v) is 28.1. The molecule has 17 heteroatoms. The molecule has 0 spiro atoms. The summed E-state index contributed by atoms with van der Waals surface area (Å²) in [5.74, 6) is 0. The first-order valence-electron chi connectivity index (χ1n) is 13.9. The van der Waals surface area contributed by atoms with Crippen LogP contribution in [0.1, 0.15) is 43.7 Å². The first kappa shape index (κ1) is 38.7. The van der Waals surface area contributed by atoms with Crippen LogP contribution in [0.5, 0.6) is 0 Å². The van der Waals surface area contributed by atoms with E-state index in [1.165, 1.54) is 0 Å². The standard InChI is InChI=1S/C28H41NO13S3/c1-5-25(40-43(2,32)33)16-28(29(30)31,17-26(41-44(3,34)35)21-38-19-23-12-8-6-9-13-23)18-27(42-45(4,36)37)22-39-20-24-14-10-7-11-15-24/h6-15,25-27H,5,16-22H2,1-4H3. The highest BCUT2D eigenvalue weighted by Crippen LogP contribution is 2.34. The van der Waals surface area contributed by atoms with Crippen LogP contribution >= 0.6 is 0 Å². The molecule has 0 aliphatic heterocycles. The Bertz CT molecular complexity index is 1430. The highest BCUT2D eigenvalue weighted by atomic mass is 32.2. The normalized spacial score (nSPS) is 16.0. The van der Waals surface area contributed by atoms with E-state index in [-0.39, 0.29) is 19.6 Å². The van der Waals surface area contributed by atoms with Crippen molar-refractivity contribution in [2.24, 2.45) is 0 Å². The molecule has 0 saturated carbocycles. The van der Waals surface area contributed by atoms with Gasteiger partial charge in [0.2, 0.25) is 5.54 Å². The molecule has 3 unspecified atom stereocenters.